The molecule has 212 valence electrons. The molecule has 2 aliphatic heterocycles. The van der Waals surface area contributed by atoms with Crippen LogP contribution < -0.4 is 16.4 Å². The number of nitrogens with two attached hydrogens (primary N) is 1. The summed E-state index contributed by atoms with van der Waals surface area (Å²) in [7, 11) is 2.74. The molecule has 2 saturated carbocycles. The van der Waals surface area contributed by atoms with Gasteiger partial charge in [0.1, 0.15) is 18.1 Å². The van der Waals surface area contributed by atoms with Crippen LogP contribution in [0.3, 0.4) is 0 Å². The van der Waals surface area contributed by atoms with E-state index >= 15 is 0 Å². The maximum absolute atomic E-state index is 13.9. The van der Waals surface area contributed by atoms with Gasteiger partial charge in [-0.15, -0.1) is 0 Å². The maximum atomic E-state index is 13.9. The fraction of sp³-hybridized carbons (Fsp3) is 0.792. The number of likely N-dealkylation sites (tertiary alicyclic amines) is 1. The maximum Gasteiger partial charge on any atom is 0.471 e. The third kappa shape index (κ3) is 5.59. The van der Waals surface area contributed by atoms with Crippen LogP contribution >= 0.6 is 0 Å². The van der Waals surface area contributed by atoms with Crippen molar-refractivity contribution >= 4 is 29.5 Å². The summed E-state index contributed by atoms with van der Waals surface area (Å²) >= 11 is 0. The van der Waals surface area contributed by atoms with E-state index in [0.717, 1.165) is 30.6 Å². The minimum absolute atomic E-state index is 0.00741. The van der Waals surface area contributed by atoms with Crippen molar-refractivity contribution in [2.24, 2.45) is 23.0 Å². The summed E-state index contributed by atoms with van der Waals surface area (Å²) in [5.74, 6) is -4.70. The number of hydrogen-bond acceptors (Lipinski definition) is 6. The number of amides is 5. The Hall–Kier alpha value is -2.90. The molecule has 1 spiro atoms. The largest absolute Gasteiger partial charge is 0.471 e. The van der Waals surface area contributed by atoms with E-state index in [2.05, 4.69) is 5.32 Å². The zero-order valence-electron chi connectivity index (χ0n) is 21.4. The average molecular weight is 546 g/mol. The third-order valence-electron chi connectivity index (χ3n) is 8.28. The molecule has 14 heteroatoms. The van der Waals surface area contributed by atoms with E-state index < -0.39 is 59.4 Å². The Morgan fingerprint density at radius 2 is 1.79 bits per heavy atom. The highest BCUT2D eigenvalue weighted by Gasteiger charge is 2.60. The second-order valence-corrected chi connectivity index (χ2v) is 11.0. The third-order valence-corrected chi connectivity index (χ3v) is 8.28. The average Bonchev–Trinajstić information content (AvgIpc) is 3.78. The first-order valence-electron chi connectivity index (χ1n) is 12.8. The van der Waals surface area contributed by atoms with Crippen LogP contribution in [0.4, 0.5) is 13.2 Å². The van der Waals surface area contributed by atoms with Gasteiger partial charge in [0, 0.05) is 27.2 Å². The van der Waals surface area contributed by atoms with Crippen LogP contribution in [-0.2, 0) is 28.7 Å². The summed E-state index contributed by atoms with van der Waals surface area (Å²) in [6.45, 7) is 0.0533. The molecule has 2 saturated heterocycles. The van der Waals surface area contributed by atoms with Gasteiger partial charge in [-0.3, -0.25) is 24.0 Å². The number of primary amides is 1. The standard InChI is InChI=1S/C24H34F3N5O6/c1-31(19(34)14(7-12-3-4-12)30-22(37)24(25,26)27)15(8-13-5-6-13)20(35)32-11-23(9-16(32)18(28)33)17(38-2)10-29-21(23)36/h12-17H,3-11H2,1-2H3,(H2,28,33)(H,29,36)(H,30,37)/t14?,15?,16-,17?,23-/m0/s1. The summed E-state index contributed by atoms with van der Waals surface area (Å²) in [4.78, 5) is 66.5. The van der Waals surface area contributed by atoms with Crippen LogP contribution in [0.2, 0.25) is 0 Å². The second-order valence-electron chi connectivity index (χ2n) is 11.0. The minimum Gasteiger partial charge on any atom is -0.378 e. The SMILES string of the molecule is COC1CNC(=O)[C@]12C[C@@H](C(N)=O)N(C(=O)C(CC1CC1)N(C)C(=O)C(CC1CC1)NC(=O)C(F)(F)F)C2. The van der Waals surface area contributed by atoms with Gasteiger partial charge in [-0.2, -0.15) is 13.2 Å². The second kappa shape index (κ2) is 10.3. The van der Waals surface area contributed by atoms with E-state index in [0.29, 0.717) is 0 Å². The molecule has 0 radical (unpaired) electrons. The molecule has 4 rings (SSSR count). The summed E-state index contributed by atoms with van der Waals surface area (Å²) in [5, 5.41) is 4.51. The van der Waals surface area contributed by atoms with Crippen LogP contribution in [0.15, 0.2) is 0 Å². The smallest absolute Gasteiger partial charge is 0.378 e. The molecule has 4 N–H and O–H groups in total. The van der Waals surface area contributed by atoms with Gasteiger partial charge < -0.3 is 30.9 Å². The fourth-order valence-electron chi connectivity index (χ4n) is 5.66. The molecular formula is C24H34F3N5O6. The van der Waals surface area contributed by atoms with E-state index in [-0.39, 0.29) is 50.1 Å². The first-order valence-corrected chi connectivity index (χ1v) is 12.8. The minimum atomic E-state index is -5.16. The fourth-order valence-corrected chi connectivity index (χ4v) is 5.66. The molecule has 2 heterocycles. The lowest BCUT2D eigenvalue weighted by atomic mass is 9.81. The van der Waals surface area contributed by atoms with Gasteiger partial charge in [0.2, 0.25) is 23.6 Å². The van der Waals surface area contributed by atoms with Crippen molar-refractivity contribution < 1.29 is 41.9 Å². The van der Waals surface area contributed by atoms with Crippen LogP contribution in [0.5, 0.6) is 0 Å². The van der Waals surface area contributed by atoms with E-state index in [1.54, 1.807) is 5.32 Å². The molecule has 5 atom stereocenters. The zero-order chi connectivity index (χ0) is 28.0. The van der Waals surface area contributed by atoms with Crippen molar-refractivity contribution in [3.8, 4) is 0 Å². The monoisotopic (exact) mass is 545 g/mol. The Bertz CT molecular complexity index is 1000. The van der Waals surface area contributed by atoms with Crippen molar-refractivity contribution in [2.45, 2.75) is 75.4 Å². The van der Waals surface area contributed by atoms with Crippen molar-refractivity contribution in [1.82, 2.24) is 20.4 Å². The Morgan fingerprint density at radius 3 is 2.32 bits per heavy atom. The quantitative estimate of drug-likeness (QED) is 0.342. The molecule has 0 bridgehead atoms. The molecule has 0 aromatic rings. The molecular weight excluding hydrogens is 511 g/mol. The van der Waals surface area contributed by atoms with Gasteiger partial charge in [0.05, 0.1) is 11.5 Å². The number of carbonyl (C=O) groups is 5. The van der Waals surface area contributed by atoms with Crippen molar-refractivity contribution in [3.05, 3.63) is 0 Å². The lowest BCUT2D eigenvalue weighted by molar-refractivity contribution is -0.175. The van der Waals surface area contributed by atoms with Crippen LogP contribution in [-0.4, -0.2) is 97.0 Å². The number of halogens is 3. The van der Waals surface area contributed by atoms with E-state index in [1.807, 2.05) is 0 Å². The molecule has 11 nitrogen and oxygen atoms in total. The normalized spacial score (nSPS) is 28.7. The van der Waals surface area contributed by atoms with E-state index in [1.165, 1.54) is 19.1 Å². The molecule has 4 aliphatic rings. The van der Waals surface area contributed by atoms with Crippen molar-refractivity contribution in [2.75, 3.05) is 27.2 Å². The molecule has 3 unspecified atom stereocenters. The Balaban J connectivity index is 1.58. The number of hydrogen-bond donors (Lipinski definition) is 3. The first kappa shape index (κ1) is 28.1. The zero-order valence-corrected chi connectivity index (χ0v) is 21.4. The van der Waals surface area contributed by atoms with Crippen molar-refractivity contribution in [3.63, 3.8) is 0 Å². The van der Waals surface area contributed by atoms with Crippen LogP contribution in [0, 0.1) is 17.3 Å². The summed E-state index contributed by atoms with van der Waals surface area (Å²) in [6, 6.07) is -3.69. The number of methoxy groups -OCH3 is 1. The number of nitrogens with zero attached hydrogens (tertiary/aromatic N) is 2. The predicted octanol–water partition coefficient (Wildman–Crippen LogP) is -0.322. The van der Waals surface area contributed by atoms with Crippen LogP contribution in [0.1, 0.15) is 44.9 Å². The lowest BCUT2D eigenvalue weighted by Gasteiger charge is -2.35. The van der Waals surface area contributed by atoms with Gasteiger partial charge in [0.15, 0.2) is 0 Å². The Kier molecular flexibility index (Phi) is 7.65. The molecule has 2 aliphatic carbocycles. The van der Waals surface area contributed by atoms with E-state index in [4.69, 9.17) is 10.5 Å². The first-order chi connectivity index (χ1) is 17.8. The molecule has 4 fully saturated rings. The Labute approximate surface area is 217 Å². The number of alkyl halides is 3. The molecule has 0 aromatic carbocycles. The topological polar surface area (TPSA) is 151 Å². The molecule has 0 aromatic heterocycles. The van der Waals surface area contributed by atoms with Crippen LogP contribution in [0.25, 0.3) is 0 Å². The van der Waals surface area contributed by atoms with Gasteiger partial charge in [-0.25, -0.2) is 0 Å². The molecule has 5 amide bonds. The van der Waals surface area contributed by atoms with Gasteiger partial charge >= 0.3 is 12.1 Å². The summed E-state index contributed by atoms with van der Waals surface area (Å²) < 4.78 is 44.4. The van der Waals surface area contributed by atoms with Gasteiger partial charge in [-0.05, 0) is 31.1 Å². The van der Waals surface area contributed by atoms with Gasteiger partial charge in [0.25, 0.3) is 0 Å². The highest BCUT2D eigenvalue weighted by atomic mass is 19.4. The number of carbonyl (C=O) groups excluding carboxylic acids is 5. The van der Waals surface area contributed by atoms with E-state index in [9.17, 15) is 37.1 Å². The highest BCUT2D eigenvalue weighted by Crippen LogP contribution is 2.43. The summed E-state index contributed by atoms with van der Waals surface area (Å²) in [6.07, 6.45) is -2.44. The Morgan fingerprint density at radius 1 is 1.18 bits per heavy atom. The number of ether oxygens (including phenoxy) is 1. The highest BCUT2D eigenvalue weighted by molar-refractivity contribution is 5.97. The van der Waals surface area contributed by atoms with Gasteiger partial charge in [-0.1, -0.05) is 25.7 Å². The number of likely N-dealkylation sites (N-methyl/N-ethyl adjacent to an activating group) is 1. The number of nitrogens with one attached hydrogen (secondary N) is 2. The number of rotatable bonds is 10. The lowest BCUT2D eigenvalue weighted by Crippen LogP contribution is -2.58. The molecule has 38 heavy (non-hydrogen) atoms. The predicted molar refractivity (Wildman–Crippen MR) is 125 cm³/mol. The summed E-state index contributed by atoms with van der Waals surface area (Å²) in [5.41, 5.74) is 4.44. The van der Waals surface area contributed by atoms with Crippen molar-refractivity contribution in [1.29, 1.82) is 0 Å².